The van der Waals surface area contributed by atoms with E-state index in [2.05, 4.69) is 27.6 Å². The quantitative estimate of drug-likeness (QED) is 0.0797. The van der Waals surface area contributed by atoms with Gasteiger partial charge in [-0.15, -0.1) is 0 Å². The van der Waals surface area contributed by atoms with Crippen LogP contribution in [0.4, 0.5) is 17.1 Å². The number of para-hydroxylation sites is 2. The van der Waals surface area contributed by atoms with Gasteiger partial charge in [-0.1, -0.05) is 61.0 Å². The highest BCUT2D eigenvalue weighted by atomic mass is 16.7. The number of nitrogens with two attached hydrogens (primary N) is 1. The summed E-state index contributed by atoms with van der Waals surface area (Å²) < 4.78 is 13.0. The van der Waals surface area contributed by atoms with Gasteiger partial charge >= 0.3 is 0 Å². The lowest BCUT2D eigenvalue weighted by Crippen LogP contribution is -2.38. The molecule has 5 rings (SSSR count). The molecule has 0 spiro atoms. The summed E-state index contributed by atoms with van der Waals surface area (Å²) in [6.07, 6.45) is 5.43. The van der Waals surface area contributed by atoms with Crippen LogP contribution in [0.2, 0.25) is 0 Å². The maximum Gasteiger partial charge on any atom is 0.224 e. The van der Waals surface area contributed by atoms with E-state index in [1.54, 1.807) is 12.1 Å². The van der Waals surface area contributed by atoms with Crippen LogP contribution in [0.1, 0.15) is 73.3 Å². The van der Waals surface area contributed by atoms with E-state index in [0.29, 0.717) is 49.2 Å². The van der Waals surface area contributed by atoms with Gasteiger partial charge in [-0.3, -0.25) is 14.6 Å². The largest absolute Gasteiger partial charge is 0.397 e. The van der Waals surface area contributed by atoms with Crippen molar-refractivity contribution in [3.05, 3.63) is 120 Å². The predicted molar refractivity (Wildman–Crippen MR) is 192 cm³/mol. The minimum absolute atomic E-state index is 0.00566. The number of nitrogens with zero attached hydrogens (tertiary/aromatic N) is 2. The normalized spacial score (nSPS) is 17.5. The predicted octanol–water partition coefficient (Wildman–Crippen LogP) is 6.40. The van der Waals surface area contributed by atoms with Gasteiger partial charge in [-0.2, -0.15) is 0 Å². The zero-order chi connectivity index (χ0) is 34.4. The fourth-order valence-corrected chi connectivity index (χ4v) is 5.84. The molecular formula is C39H47N5O5. The van der Waals surface area contributed by atoms with Crippen molar-refractivity contribution in [2.75, 3.05) is 36.5 Å². The molecule has 0 aliphatic carbocycles. The summed E-state index contributed by atoms with van der Waals surface area (Å²) in [6, 6.07) is 28.6. The molecule has 10 nitrogen and oxygen atoms in total. The van der Waals surface area contributed by atoms with Crippen LogP contribution in [0.15, 0.2) is 97.2 Å². The van der Waals surface area contributed by atoms with Crippen LogP contribution < -0.4 is 16.4 Å². The average molecular weight is 666 g/mol. The van der Waals surface area contributed by atoms with Crippen LogP contribution in [0.25, 0.3) is 0 Å². The summed E-state index contributed by atoms with van der Waals surface area (Å²) in [5.41, 5.74) is 11.6. The number of rotatable bonds is 16. The van der Waals surface area contributed by atoms with E-state index in [1.165, 1.54) is 0 Å². The number of pyridine rings is 1. The number of hydrogen-bond donors (Lipinski definition) is 4. The third-order valence-electron chi connectivity index (χ3n) is 8.62. The lowest BCUT2D eigenvalue weighted by atomic mass is 9.99. The lowest BCUT2D eigenvalue weighted by Gasteiger charge is -2.38. The molecule has 0 saturated carbocycles. The standard InChI is InChI=1S/C39H47N5O5/c1-44(24-22-31-9-7-8-23-41-31)26-33-25-36(29-16-14-28(27-45)15-17-29)49-39(48-33)30-18-20-32(21-19-30)42-37(46)12-3-2-4-13-38(47)43-35-11-6-5-10-34(35)40/h5-11,14-21,23,33,36,39,45H,2-4,12-13,22,24-27,40H2,1H3,(H,42,46)(H,43,47). The Kier molecular flexibility index (Phi) is 13.3. The van der Waals surface area contributed by atoms with Gasteiger partial charge in [0.2, 0.25) is 11.8 Å². The number of likely N-dealkylation sites (N-methyl/N-ethyl adjacent to an activating group) is 1. The molecule has 2 heterocycles. The van der Waals surface area contributed by atoms with Crippen molar-refractivity contribution >= 4 is 28.9 Å². The van der Waals surface area contributed by atoms with Gasteiger partial charge in [0.25, 0.3) is 0 Å². The van der Waals surface area contributed by atoms with E-state index in [9.17, 15) is 14.7 Å². The Morgan fingerprint density at radius 2 is 1.55 bits per heavy atom. The molecule has 258 valence electrons. The minimum atomic E-state index is -0.578. The van der Waals surface area contributed by atoms with Crippen LogP contribution in [0, 0.1) is 0 Å². The Morgan fingerprint density at radius 1 is 0.857 bits per heavy atom. The number of aliphatic hydroxyl groups is 1. The maximum absolute atomic E-state index is 12.6. The maximum atomic E-state index is 12.6. The Labute approximate surface area is 288 Å². The highest BCUT2D eigenvalue weighted by molar-refractivity contribution is 5.93. The summed E-state index contributed by atoms with van der Waals surface area (Å²) in [6.45, 7) is 1.58. The Balaban J connectivity index is 1.11. The molecular weight excluding hydrogens is 618 g/mol. The van der Waals surface area contributed by atoms with Crippen molar-refractivity contribution in [2.24, 2.45) is 0 Å². The summed E-state index contributed by atoms with van der Waals surface area (Å²) >= 11 is 0. The Bertz CT molecular complexity index is 1620. The average Bonchev–Trinajstić information content (AvgIpc) is 3.12. The molecule has 4 aromatic rings. The summed E-state index contributed by atoms with van der Waals surface area (Å²) in [5, 5.41) is 15.3. The topological polar surface area (TPSA) is 139 Å². The van der Waals surface area contributed by atoms with Gasteiger partial charge < -0.3 is 35.8 Å². The van der Waals surface area contributed by atoms with Gasteiger partial charge in [-0.25, -0.2) is 0 Å². The number of unbranched alkanes of at least 4 members (excludes halogenated alkanes) is 2. The number of anilines is 3. The first-order valence-electron chi connectivity index (χ1n) is 17.0. The molecule has 1 fully saturated rings. The summed E-state index contributed by atoms with van der Waals surface area (Å²) in [5.74, 6) is -0.155. The third kappa shape index (κ3) is 11.2. The molecule has 1 aliphatic heterocycles. The van der Waals surface area contributed by atoms with Crippen LogP contribution in [0.3, 0.4) is 0 Å². The summed E-state index contributed by atoms with van der Waals surface area (Å²) in [7, 11) is 2.10. The minimum Gasteiger partial charge on any atom is -0.397 e. The van der Waals surface area contributed by atoms with Crippen molar-refractivity contribution in [1.82, 2.24) is 9.88 Å². The first-order valence-corrected chi connectivity index (χ1v) is 17.0. The van der Waals surface area contributed by atoms with Crippen LogP contribution >= 0.6 is 0 Å². The highest BCUT2D eigenvalue weighted by Crippen LogP contribution is 2.38. The number of amides is 2. The van der Waals surface area contributed by atoms with E-state index < -0.39 is 6.29 Å². The van der Waals surface area contributed by atoms with Crippen molar-refractivity contribution < 1.29 is 24.2 Å². The third-order valence-corrected chi connectivity index (χ3v) is 8.62. The van der Waals surface area contributed by atoms with Crippen molar-refractivity contribution in [3.8, 4) is 0 Å². The van der Waals surface area contributed by atoms with E-state index in [-0.39, 0.29) is 30.6 Å². The van der Waals surface area contributed by atoms with Gasteiger partial charge in [0.15, 0.2) is 6.29 Å². The molecule has 0 bridgehead atoms. The second-order valence-electron chi connectivity index (χ2n) is 12.5. The number of ether oxygens (including phenoxy) is 2. The smallest absolute Gasteiger partial charge is 0.224 e. The van der Waals surface area contributed by atoms with Gasteiger partial charge in [0.1, 0.15) is 0 Å². The second kappa shape index (κ2) is 18.2. The Hall–Kier alpha value is -4.61. The molecule has 49 heavy (non-hydrogen) atoms. The van der Waals surface area contributed by atoms with E-state index in [0.717, 1.165) is 48.3 Å². The molecule has 3 unspecified atom stereocenters. The molecule has 3 aromatic carbocycles. The number of nitrogen functional groups attached to an aromatic ring is 1. The number of benzene rings is 3. The van der Waals surface area contributed by atoms with Crippen molar-refractivity contribution in [3.63, 3.8) is 0 Å². The van der Waals surface area contributed by atoms with Crippen molar-refractivity contribution in [1.29, 1.82) is 0 Å². The second-order valence-corrected chi connectivity index (χ2v) is 12.5. The number of aromatic nitrogens is 1. The van der Waals surface area contributed by atoms with Gasteiger partial charge in [0.05, 0.1) is 30.2 Å². The SMILES string of the molecule is CN(CCc1ccccn1)CC1CC(c2ccc(CO)cc2)OC(c2ccc(NC(=O)CCCCCC(=O)Nc3ccccc3N)cc2)O1. The highest BCUT2D eigenvalue weighted by Gasteiger charge is 2.32. The summed E-state index contributed by atoms with van der Waals surface area (Å²) in [4.78, 5) is 31.6. The zero-order valence-electron chi connectivity index (χ0n) is 28.1. The van der Waals surface area contributed by atoms with Crippen LogP contribution in [0.5, 0.6) is 0 Å². The van der Waals surface area contributed by atoms with Gasteiger partial charge in [-0.05, 0) is 67.4 Å². The molecule has 2 amide bonds. The van der Waals surface area contributed by atoms with Gasteiger partial charge in [0, 0.05) is 61.9 Å². The first kappa shape index (κ1) is 35.7. The van der Waals surface area contributed by atoms with Crippen LogP contribution in [-0.4, -0.2) is 53.0 Å². The fourth-order valence-electron chi connectivity index (χ4n) is 5.84. The van der Waals surface area contributed by atoms with E-state index in [1.807, 2.05) is 85.1 Å². The molecule has 1 aliphatic rings. The van der Waals surface area contributed by atoms with Crippen LogP contribution in [-0.2, 0) is 32.1 Å². The zero-order valence-corrected chi connectivity index (χ0v) is 28.1. The molecule has 3 atom stereocenters. The molecule has 1 aromatic heterocycles. The number of carbonyl (C=O) groups excluding carboxylic acids is 2. The van der Waals surface area contributed by atoms with Crippen molar-refractivity contribution in [2.45, 2.75) is 70.1 Å². The Morgan fingerprint density at radius 3 is 2.24 bits per heavy atom. The molecule has 0 radical (unpaired) electrons. The molecule has 10 heteroatoms. The lowest BCUT2D eigenvalue weighted by molar-refractivity contribution is -0.252. The number of nitrogens with one attached hydrogen (secondary N) is 2. The number of carbonyl (C=O) groups is 2. The first-order chi connectivity index (χ1) is 23.9. The van der Waals surface area contributed by atoms with E-state index in [4.69, 9.17) is 15.2 Å². The van der Waals surface area contributed by atoms with E-state index >= 15 is 0 Å². The molecule has 5 N–H and O–H groups in total. The number of hydrogen-bond acceptors (Lipinski definition) is 8. The number of aliphatic hydroxyl groups excluding tert-OH is 1. The monoisotopic (exact) mass is 665 g/mol. The molecule has 1 saturated heterocycles. The fraction of sp³-hybridized carbons (Fsp3) is 0.359.